The van der Waals surface area contributed by atoms with Crippen molar-refractivity contribution in [2.45, 2.75) is 6.42 Å². The molecule has 12 heteroatoms. The molecule has 6 aromatic rings. The number of halogens is 4. The molecule has 2 aliphatic rings. The van der Waals surface area contributed by atoms with Crippen LogP contribution in [0.4, 0.5) is 17.6 Å². The molecule has 0 amide bonds. The first kappa shape index (κ1) is 46.7. The normalized spacial score (nSPS) is 15.9. The van der Waals surface area contributed by atoms with E-state index in [1.54, 1.807) is 48.5 Å². The van der Waals surface area contributed by atoms with Gasteiger partial charge in [-0.15, -0.1) is 0 Å². The van der Waals surface area contributed by atoms with Crippen LogP contribution in [0.25, 0.3) is 0 Å². The van der Waals surface area contributed by atoms with Crippen molar-refractivity contribution in [3.05, 3.63) is 189 Å². The van der Waals surface area contributed by atoms with E-state index in [4.69, 9.17) is 28.4 Å². The molecule has 2 bridgehead atoms. The third-order valence-electron chi connectivity index (χ3n) is 11.4. The maximum Gasteiger partial charge on any atom is 0.315 e. The number of carbonyl (C=O) groups excluding carboxylic acids is 2. The summed E-state index contributed by atoms with van der Waals surface area (Å²) in [6.45, 7) is 0. The Morgan fingerprint density at radius 3 is 0.957 bits per heavy atom. The molecule has 8 rings (SSSR count). The topological polar surface area (TPSA) is 89.5 Å². The average molecular weight is 927 g/mol. The first-order valence-corrected chi connectivity index (χ1v) is 21.3. The van der Waals surface area contributed by atoms with Gasteiger partial charge in [-0.05, 0) is 127 Å². The number of benzene rings is 6. The minimum absolute atomic E-state index is 0.0172. The highest BCUT2D eigenvalue weighted by Gasteiger charge is 2.53. The van der Waals surface area contributed by atoms with E-state index in [0.717, 1.165) is 0 Å². The number of allylic oxidation sites excluding steroid dienone is 2. The van der Waals surface area contributed by atoms with Gasteiger partial charge in [-0.1, -0.05) is 59.5 Å². The quantitative estimate of drug-likeness (QED) is 0.0491. The molecule has 0 unspecified atom stereocenters. The Labute approximate surface area is 395 Å². The lowest BCUT2D eigenvalue weighted by Gasteiger charge is -2.25. The predicted octanol–water partition coefficient (Wildman–Crippen LogP) is 9.83. The van der Waals surface area contributed by atoms with Crippen molar-refractivity contribution in [3.63, 3.8) is 0 Å². The lowest BCUT2D eigenvalue weighted by molar-refractivity contribution is -0.151. The molecule has 0 radical (unpaired) electrons. The monoisotopic (exact) mass is 926 g/mol. The Morgan fingerprint density at radius 2 is 0.667 bits per heavy atom. The minimum Gasteiger partial charge on any atom is -0.494 e. The summed E-state index contributed by atoms with van der Waals surface area (Å²) >= 11 is 0. The predicted molar refractivity (Wildman–Crippen MR) is 248 cm³/mol. The third kappa shape index (κ3) is 10.7. The fourth-order valence-electron chi connectivity index (χ4n) is 7.94. The molecule has 0 spiro atoms. The zero-order valence-electron chi connectivity index (χ0n) is 37.3. The van der Waals surface area contributed by atoms with E-state index >= 15 is 0 Å². The van der Waals surface area contributed by atoms with Crippen molar-refractivity contribution in [2.75, 3.05) is 28.4 Å². The van der Waals surface area contributed by atoms with Gasteiger partial charge < -0.3 is 28.4 Å². The van der Waals surface area contributed by atoms with Crippen LogP contribution in [0.3, 0.4) is 0 Å². The smallest absolute Gasteiger partial charge is 0.315 e. The van der Waals surface area contributed by atoms with Crippen LogP contribution in [0, 0.1) is 94.3 Å². The molecule has 2 aliphatic carbocycles. The molecule has 8 nitrogen and oxygen atoms in total. The zero-order chi connectivity index (χ0) is 48.6. The highest BCUT2D eigenvalue weighted by molar-refractivity contribution is 5.87. The fraction of sp³-hybridized carbons (Fsp3) is 0.158. The molecule has 0 heterocycles. The van der Waals surface area contributed by atoms with Crippen molar-refractivity contribution in [3.8, 4) is 81.9 Å². The first-order valence-electron chi connectivity index (χ1n) is 21.3. The van der Waals surface area contributed by atoms with Crippen molar-refractivity contribution in [2.24, 2.45) is 23.7 Å². The largest absolute Gasteiger partial charge is 0.494 e. The number of rotatable bonds is 8. The van der Waals surface area contributed by atoms with Gasteiger partial charge in [0.05, 0.1) is 51.4 Å². The Morgan fingerprint density at radius 1 is 0.391 bits per heavy atom. The van der Waals surface area contributed by atoms with E-state index in [-0.39, 0.29) is 57.5 Å². The van der Waals surface area contributed by atoms with Crippen LogP contribution < -0.4 is 28.4 Å². The molecule has 0 saturated heterocycles. The van der Waals surface area contributed by atoms with Gasteiger partial charge >= 0.3 is 11.9 Å². The summed E-state index contributed by atoms with van der Waals surface area (Å²) in [7, 11) is 5.41. The summed E-state index contributed by atoms with van der Waals surface area (Å²) in [6.07, 6.45) is 4.22. The lowest BCUT2D eigenvalue weighted by Crippen LogP contribution is -2.37. The second-order valence-corrected chi connectivity index (χ2v) is 15.7. The number of hydrogen-bond donors (Lipinski definition) is 0. The molecule has 6 aromatic carbocycles. The van der Waals surface area contributed by atoms with Gasteiger partial charge in [-0.3, -0.25) is 9.59 Å². The van der Waals surface area contributed by atoms with Crippen molar-refractivity contribution in [1.82, 2.24) is 0 Å². The van der Waals surface area contributed by atoms with Crippen LogP contribution in [0.2, 0.25) is 0 Å². The second kappa shape index (κ2) is 20.8. The Bertz CT molecular complexity index is 3100. The summed E-state index contributed by atoms with van der Waals surface area (Å²) in [5, 5.41) is 0. The minimum atomic E-state index is -0.995. The summed E-state index contributed by atoms with van der Waals surface area (Å²) in [5.41, 5.74) is 2.67. The maximum atomic E-state index is 14.6. The summed E-state index contributed by atoms with van der Waals surface area (Å²) in [4.78, 5) is 28.9. The van der Waals surface area contributed by atoms with Crippen molar-refractivity contribution in [1.29, 1.82) is 0 Å². The molecule has 1 saturated carbocycles. The van der Waals surface area contributed by atoms with E-state index in [9.17, 15) is 27.2 Å². The van der Waals surface area contributed by atoms with Gasteiger partial charge in [0.1, 0.15) is 11.5 Å². The van der Waals surface area contributed by atoms with Gasteiger partial charge in [0.15, 0.2) is 46.3 Å². The van der Waals surface area contributed by atoms with Crippen molar-refractivity contribution < 1.29 is 55.6 Å². The number of fused-ring (bicyclic) bond motifs is 2. The van der Waals surface area contributed by atoms with Crippen LogP contribution in [-0.4, -0.2) is 40.4 Å². The molecule has 0 N–H and O–H groups in total. The van der Waals surface area contributed by atoms with Crippen molar-refractivity contribution >= 4 is 11.9 Å². The van der Waals surface area contributed by atoms with E-state index in [1.165, 1.54) is 89.1 Å². The molecule has 342 valence electrons. The van der Waals surface area contributed by atoms with Crippen LogP contribution in [0.5, 0.6) is 34.5 Å². The number of hydrogen-bond acceptors (Lipinski definition) is 8. The lowest BCUT2D eigenvalue weighted by atomic mass is 9.83. The Balaban J connectivity index is 1.11. The molecule has 0 aliphatic heterocycles. The Kier molecular flexibility index (Phi) is 14.1. The van der Waals surface area contributed by atoms with Gasteiger partial charge in [0, 0.05) is 33.4 Å². The SMILES string of the molecule is COc1ccc(C#Cc2ccc(C#Cc3ccc(OC)c(F)c3)c(OC(=O)[C@H]3[C@H](C(=O)Oc4cc(C#Cc5ccc(OC)c(F)c5)ccc4C#Cc4ccc(OC)c(F)c4)[C@H]4C=C[C@@H]3C4)c2)cc1F. The molecule has 4 atom stereocenters. The molecular formula is C57H38F4O8. The highest BCUT2D eigenvalue weighted by Crippen LogP contribution is 2.49. The summed E-state index contributed by atoms with van der Waals surface area (Å²) in [5.74, 6) is 17.1. The van der Waals surface area contributed by atoms with Crippen LogP contribution in [0.15, 0.2) is 121 Å². The molecular weight excluding hydrogens is 889 g/mol. The zero-order valence-corrected chi connectivity index (χ0v) is 37.3. The van der Waals surface area contributed by atoms with Gasteiger partial charge in [0.25, 0.3) is 0 Å². The van der Waals surface area contributed by atoms with Gasteiger partial charge in [-0.25, -0.2) is 17.6 Å². The standard InChI is InChI=1S/C57H38F4O8/c1-64-48-23-13-34(27-44(48)58)5-7-38-11-19-40(17-9-36-15-25-50(66-3)46(60)29-36)52(31-38)68-56(62)54-42-21-22-43(33-42)55(54)57(63)69-53-32-39(8-6-35-14-24-49(65-2)45(59)28-35)12-20-41(53)18-10-37-16-26-51(67-4)47(61)30-37/h11-16,19-32,42-43,54-55H,33H2,1-4H3/t42-,43+,54-,55-/m1/s1. The second-order valence-electron chi connectivity index (χ2n) is 15.7. The Hall–Kier alpha value is -8.84. The molecule has 1 fully saturated rings. The van der Waals surface area contributed by atoms with Gasteiger partial charge in [-0.2, -0.15) is 0 Å². The van der Waals surface area contributed by atoms with E-state index in [1.807, 2.05) is 12.2 Å². The van der Waals surface area contributed by atoms with Gasteiger partial charge in [0.2, 0.25) is 0 Å². The van der Waals surface area contributed by atoms with E-state index < -0.39 is 47.0 Å². The number of methoxy groups -OCH3 is 4. The third-order valence-corrected chi connectivity index (χ3v) is 11.4. The molecule has 69 heavy (non-hydrogen) atoms. The van der Waals surface area contributed by atoms with E-state index in [2.05, 4.69) is 47.4 Å². The number of carbonyl (C=O) groups is 2. The summed E-state index contributed by atoms with van der Waals surface area (Å²) in [6, 6.07) is 26.5. The molecule has 0 aromatic heterocycles. The van der Waals surface area contributed by atoms with E-state index in [0.29, 0.717) is 39.8 Å². The highest BCUT2D eigenvalue weighted by atomic mass is 19.1. The first-order chi connectivity index (χ1) is 33.4. The summed E-state index contributed by atoms with van der Waals surface area (Å²) < 4.78 is 90.4. The number of ether oxygens (including phenoxy) is 6. The number of esters is 2. The van der Waals surface area contributed by atoms with Crippen LogP contribution in [0.1, 0.15) is 50.9 Å². The average Bonchev–Trinajstić information content (AvgIpc) is 3.98. The fourth-order valence-corrected chi connectivity index (χ4v) is 7.94. The van der Waals surface area contributed by atoms with Crippen LogP contribution >= 0.6 is 0 Å². The maximum absolute atomic E-state index is 14.6. The van der Waals surface area contributed by atoms with Crippen LogP contribution in [-0.2, 0) is 9.59 Å².